The van der Waals surface area contributed by atoms with E-state index in [4.69, 9.17) is 5.73 Å². The third-order valence-corrected chi connectivity index (χ3v) is 4.79. The molecule has 0 saturated heterocycles. The maximum absolute atomic E-state index is 11.0. The van der Waals surface area contributed by atoms with Crippen molar-refractivity contribution in [2.75, 3.05) is 6.54 Å². The number of rotatable bonds is 5. The van der Waals surface area contributed by atoms with Gasteiger partial charge in [0, 0.05) is 23.3 Å². The van der Waals surface area contributed by atoms with Crippen LogP contribution in [0.15, 0.2) is 11.4 Å². The minimum Gasteiger partial charge on any atom is -0.366 e. The van der Waals surface area contributed by atoms with Crippen LogP contribution in [0.4, 0.5) is 0 Å². The molecule has 3 nitrogen and oxygen atoms in total. The molecule has 1 aliphatic carbocycles. The highest BCUT2D eigenvalue weighted by Crippen LogP contribution is 2.35. The molecule has 0 aromatic carbocycles. The van der Waals surface area contributed by atoms with Gasteiger partial charge in [-0.1, -0.05) is 26.2 Å². The molecule has 4 heteroatoms. The SMILES string of the molecule is CC1(CNCc2cc(C(N)=O)cs2)CCCCC1. The number of nitrogens with two attached hydrogens (primary N) is 1. The van der Waals surface area contributed by atoms with Crippen molar-refractivity contribution >= 4 is 17.2 Å². The molecule has 3 N–H and O–H groups in total. The molecule has 0 aliphatic heterocycles. The summed E-state index contributed by atoms with van der Waals surface area (Å²) < 4.78 is 0. The fourth-order valence-corrected chi connectivity index (χ4v) is 3.52. The predicted molar refractivity (Wildman–Crippen MR) is 75.7 cm³/mol. The largest absolute Gasteiger partial charge is 0.366 e. The Morgan fingerprint density at radius 3 is 2.78 bits per heavy atom. The second kappa shape index (κ2) is 5.85. The fraction of sp³-hybridized carbons (Fsp3) is 0.643. The number of nitrogens with one attached hydrogen (secondary N) is 1. The zero-order valence-electron chi connectivity index (χ0n) is 11.0. The molecular formula is C14H22N2OS. The van der Waals surface area contributed by atoms with E-state index in [1.54, 1.807) is 11.3 Å². The Balaban J connectivity index is 1.78. The molecule has 0 spiro atoms. The standard InChI is InChI=1S/C14H22N2OS/c1-14(5-3-2-4-6-14)10-16-8-12-7-11(9-18-12)13(15)17/h7,9,16H,2-6,8,10H2,1H3,(H2,15,17). The Morgan fingerprint density at radius 2 is 2.17 bits per heavy atom. The second-order valence-corrected chi connectivity index (χ2v) is 6.64. The van der Waals surface area contributed by atoms with E-state index in [0.29, 0.717) is 11.0 Å². The zero-order chi connectivity index (χ0) is 13.0. The average Bonchev–Trinajstić information content (AvgIpc) is 2.78. The maximum Gasteiger partial charge on any atom is 0.249 e. The van der Waals surface area contributed by atoms with Crippen LogP contribution in [0.1, 0.15) is 54.3 Å². The summed E-state index contributed by atoms with van der Waals surface area (Å²) in [7, 11) is 0. The minimum absolute atomic E-state index is 0.336. The summed E-state index contributed by atoms with van der Waals surface area (Å²) in [5.41, 5.74) is 6.33. The van der Waals surface area contributed by atoms with Crippen LogP contribution in [-0.2, 0) is 6.54 Å². The minimum atomic E-state index is -0.336. The molecule has 1 saturated carbocycles. The zero-order valence-corrected chi connectivity index (χ0v) is 11.8. The van der Waals surface area contributed by atoms with E-state index in [1.165, 1.54) is 37.0 Å². The van der Waals surface area contributed by atoms with Crippen LogP contribution < -0.4 is 11.1 Å². The number of carbonyl (C=O) groups excluding carboxylic acids is 1. The van der Waals surface area contributed by atoms with Crippen molar-refractivity contribution in [3.63, 3.8) is 0 Å². The topological polar surface area (TPSA) is 55.1 Å². The number of hydrogen-bond acceptors (Lipinski definition) is 3. The molecule has 1 aromatic rings. The lowest BCUT2D eigenvalue weighted by Crippen LogP contribution is -2.33. The monoisotopic (exact) mass is 266 g/mol. The van der Waals surface area contributed by atoms with E-state index in [2.05, 4.69) is 12.2 Å². The highest BCUT2D eigenvalue weighted by Gasteiger charge is 2.25. The summed E-state index contributed by atoms with van der Waals surface area (Å²) in [5.74, 6) is -0.336. The lowest BCUT2D eigenvalue weighted by molar-refractivity contribution is 0.100. The third-order valence-electron chi connectivity index (χ3n) is 3.85. The van der Waals surface area contributed by atoms with E-state index in [1.807, 2.05) is 11.4 Å². The molecule has 1 fully saturated rings. The summed E-state index contributed by atoms with van der Waals surface area (Å²) in [6, 6.07) is 1.89. The molecule has 1 aromatic heterocycles. The van der Waals surface area contributed by atoms with E-state index in [9.17, 15) is 4.79 Å². The van der Waals surface area contributed by atoms with Crippen molar-refractivity contribution < 1.29 is 4.79 Å². The lowest BCUT2D eigenvalue weighted by atomic mass is 9.76. The first-order valence-corrected chi connectivity index (χ1v) is 7.55. The van der Waals surface area contributed by atoms with Crippen LogP contribution >= 0.6 is 11.3 Å². The van der Waals surface area contributed by atoms with Crippen LogP contribution in [0, 0.1) is 5.41 Å². The summed E-state index contributed by atoms with van der Waals surface area (Å²) in [5, 5.41) is 5.36. The summed E-state index contributed by atoms with van der Waals surface area (Å²) >= 11 is 1.60. The molecule has 100 valence electrons. The molecule has 0 radical (unpaired) electrons. The summed E-state index contributed by atoms with van der Waals surface area (Å²) in [6.45, 7) is 4.28. The van der Waals surface area contributed by atoms with Crippen molar-refractivity contribution in [1.82, 2.24) is 5.32 Å². The van der Waals surface area contributed by atoms with Gasteiger partial charge in [0.15, 0.2) is 0 Å². The van der Waals surface area contributed by atoms with Gasteiger partial charge in [-0.15, -0.1) is 11.3 Å². The molecule has 1 aliphatic rings. The summed E-state index contributed by atoms with van der Waals surface area (Å²) in [6.07, 6.45) is 6.78. The molecule has 18 heavy (non-hydrogen) atoms. The number of thiophene rings is 1. The quantitative estimate of drug-likeness (QED) is 0.861. The van der Waals surface area contributed by atoms with Crippen LogP contribution in [0.3, 0.4) is 0 Å². The first-order valence-electron chi connectivity index (χ1n) is 6.67. The Kier molecular flexibility index (Phi) is 4.40. The fourth-order valence-electron chi connectivity index (χ4n) is 2.67. The molecular weight excluding hydrogens is 244 g/mol. The van der Waals surface area contributed by atoms with Gasteiger partial charge in [-0.2, -0.15) is 0 Å². The number of amides is 1. The highest BCUT2D eigenvalue weighted by atomic mass is 32.1. The van der Waals surface area contributed by atoms with Gasteiger partial charge in [-0.3, -0.25) is 4.79 Å². The van der Waals surface area contributed by atoms with Crippen LogP contribution in [-0.4, -0.2) is 12.5 Å². The predicted octanol–water partition coefficient (Wildman–Crippen LogP) is 2.91. The Labute approximate surface area is 113 Å². The second-order valence-electron chi connectivity index (χ2n) is 5.64. The Bertz CT molecular complexity index is 408. The maximum atomic E-state index is 11.0. The van der Waals surface area contributed by atoms with E-state index in [0.717, 1.165) is 13.1 Å². The van der Waals surface area contributed by atoms with Gasteiger partial charge in [-0.25, -0.2) is 0 Å². The van der Waals surface area contributed by atoms with Crippen molar-refractivity contribution in [2.24, 2.45) is 11.1 Å². The smallest absolute Gasteiger partial charge is 0.249 e. The van der Waals surface area contributed by atoms with Crippen LogP contribution in [0.5, 0.6) is 0 Å². The molecule has 1 heterocycles. The molecule has 0 unspecified atom stereocenters. The van der Waals surface area contributed by atoms with Gasteiger partial charge in [-0.05, 0) is 24.3 Å². The molecule has 0 atom stereocenters. The Hall–Kier alpha value is -0.870. The third kappa shape index (κ3) is 3.56. The van der Waals surface area contributed by atoms with E-state index < -0.39 is 0 Å². The normalized spacial score (nSPS) is 18.7. The lowest BCUT2D eigenvalue weighted by Gasteiger charge is -2.33. The van der Waals surface area contributed by atoms with Gasteiger partial charge in [0.2, 0.25) is 5.91 Å². The number of hydrogen-bond donors (Lipinski definition) is 2. The van der Waals surface area contributed by atoms with Gasteiger partial charge in [0.1, 0.15) is 0 Å². The van der Waals surface area contributed by atoms with Crippen molar-refractivity contribution in [2.45, 2.75) is 45.6 Å². The van der Waals surface area contributed by atoms with Crippen molar-refractivity contribution in [3.05, 3.63) is 21.9 Å². The van der Waals surface area contributed by atoms with Crippen molar-refractivity contribution in [1.29, 1.82) is 0 Å². The summed E-state index contributed by atoms with van der Waals surface area (Å²) in [4.78, 5) is 12.2. The van der Waals surface area contributed by atoms with Crippen molar-refractivity contribution in [3.8, 4) is 0 Å². The van der Waals surface area contributed by atoms with Gasteiger partial charge in [0.25, 0.3) is 0 Å². The molecule has 2 rings (SSSR count). The first kappa shape index (κ1) is 13.6. The van der Waals surface area contributed by atoms with Crippen LogP contribution in [0.25, 0.3) is 0 Å². The number of primary amides is 1. The van der Waals surface area contributed by atoms with Crippen LogP contribution in [0.2, 0.25) is 0 Å². The Morgan fingerprint density at radius 1 is 1.44 bits per heavy atom. The van der Waals surface area contributed by atoms with Gasteiger partial charge in [0.05, 0.1) is 5.56 Å². The van der Waals surface area contributed by atoms with Gasteiger partial charge < -0.3 is 11.1 Å². The first-order chi connectivity index (χ1) is 8.59. The number of carbonyl (C=O) groups is 1. The van der Waals surface area contributed by atoms with E-state index in [-0.39, 0.29) is 5.91 Å². The van der Waals surface area contributed by atoms with Gasteiger partial charge >= 0.3 is 0 Å². The molecule has 1 amide bonds. The highest BCUT2D eigenvalue weighted by molar-refractivity contribution is 7.10. The van der Waals surface area contributed by atoms with E-state index >= 15 is 0 Å². The molecule has 0 bridgehead atoms. The average molecular weight is 266 g/mol.